The summed E-state index contributed by atoms with van der Waals surface area (Å²) in [6, 6.07) is 9.45. The summed E-state index contributed by atoms with van der Waals surface area (Å²) in [7, 11) is 0. The third-order valence-electron chi connectivity index (χ3n) is 4.02. The molecule has 1 aliphatic heterocycles. The van der Waals surface area contributed by atoms with Crippen LogP contribution in [0.1, 0.15) is 11.1 Å². The molecule has 0 aliphatic carbocycles. The van der Waals surface area contributed by atoms with Crippen molar-refractivity contribution in [2.75, 3.05) is 24.6 Å². The van der Waals surface area contributed by atoms with E-state index < -0.39 is 0 Å². The first kappa shape index (κ1) is 17.3. The number of carbonyl (C=O) groups is 2. The van der Waals surface area contributed by atoms with Gasteiger partial charge in [-0.25, -0.2) is 4.79 Å². The Bertz CT molecular complexity index is 760. The molecule has 1 unspecified atom stereocenters. The average Bonchev–Trinajstić information content (AvgIpc) is 3.23. The second kappa shape index (κ2) is 7.57. The van der Waals surface area contributed by atoms with Crippen LogP contribution in [0.4, 0.5) is 9.80 Å². The molecule has 7 heteroatoms. The molecule has 0 bridgehead atoms. The number of aryl methyl sites for hydroxylation is 2. The van der Waals surface area contributed by atoms with Gasteiger partial charge in [-0.15, -0.1) is 11.3 Å². The molecule has 1 N–H and O–H groups in total. The largest absolute Gasteiger partial charge is 0.484 e. The minimum absolute atomic E-state index is 0.0716. The first-order valence-corrected chi connectivity index (χ1v) is 8.89. The molecule has 25 heavy (non-hydrogen) atoms. The van der Waals surface area contributed by atoms with Crippen LogP contribution in [-0.4, -0.2) is 37.8 Å². The predicted molar refractivity (Wildman–Crippen MR) is 96.4 cm³/mol. The van der Waals surface area contributed by atoms with Gasteiger partial charge in [-0.1, -0.05) is 6.07 Å². The highest BCUT2D eigenvalue weighted by Crippen LogP contribution is 2.26. The number of anilines is 1. The number of nitrogens with zero attached hydrogens (tertiary/aromatic N) is 1. The topological polar surface area (TPSA) is 67.9 Å². The van der Waals surface area contributed by atoms with Gasteiger partial charge in [0.05, 0.1) is 13.1 Å². The van der Waals surface area contributed by atoms with E-state index >= 15 is 0 Å². The SMILES string of the molecule is Cc1ccc(OCC(=O)NCC2CN(c3cccs3)C(=O)O2)cc1C. The van der Waals surface area contributed by atoms with Gasteiger partial charge in [0, 0.05) is 0 Å². The number of rotatable bonds is 6. The zero-order chi connectivity index (χ0) is 17.8. The van der Waals surface area contributed by atoms with Crippen LogP contribution < -0.4 is 15.0 Å². The summed E-state index contributed by atoms with van der Waals surface area (Å²) in [4.78, 5) is 25.4. The van der Waals surface area contributed by atoms with Gasteiger partial charge < -0.3 is 14.8 Å². The summed E-state index contributed by atoms with van der Waals surface area (Å²) in [6.07, 6.45) is -0.742. The van der Waals surface area contributed by atoms with Crippen molar-refractivity contribution in [3.05, 3.63) is 46.8 Å². The fourth-order valence-corrected chi connectivity index (χ4v) is 3.19. The zero-order valence-electron chi connectivity index (χ0n) is 14.2. The summed E-state index contributed by atoms with van der Waals surface area (Å²) in [5.41, 5.74) is 2.29. The number of benzene rings is 1. The highest BCUT2D eigenvalue weighted by molar-refractivity contribution is 7.14. The number of hydrogen-bond acceptors (Lipinski definition) is 5. The number of carbonyl (C=O) groups excluding carboxylic acids is 2. The van der Waals surface area contributed by atoms with E-state index in [2.05, 4.69) is 5.32 Å². The molecule has 3 rings (SSSR count). The number of nitrogens with one attached hydrogen (secondary N) is 1. The Balaban J connectivity index is 1.43. The molecule has 1 saturated heterocycles. The van der Waals surface area contributed by atoms with E-state index in [-0.39, 0.29) is 31.3 Å². The summed E-state index contributed by atoms with van der Waals surface area (Å²) in [5.74, 6) is 0.415. The fourth-order valence-electron chi connectivity index (χ4n) is 2.46. The lowest BCUT2D eigenvalue weighted by molar-refractivity contribution is -0.123. The molecule has 2 heterocycles. The van der Waals surface area contributed by atoms with Crippen LogP contribution in [0, 0.1) is 13.8 Å². The highest BCUT2D eigenvalue weighted by atomic mass is 32.1. The van der Waals surface area contributed by atoms with E-state index in [4.69, 9.17) is 9.47 Å². The number of cyclic esters (lactones) is 1. The molecule has 1 aliphatic rings. The van der Waals surface area contributed by atoms with Crippen molar-refractivity contribution >= 4 is 28.3 Å². The van der Waals surface area contributed by atoms with Crippen LogP contribution in [0.15, 0.2) is 35.7 Å². The average molecular weight is 360 g/mol. The third kappa shape index (κ3) is 4.30. The molecule has 0 spiro atoms. The van der Waals surface area contributed by atoms with E-state index in [1.165, 1.54) is 16.9 Å². The molecular weight excluding hydrogens is 340 g/mol. The van der Waals surface area contributed by atoms with Crippen LogP contribution in [-0.2, 0) is 9.53 Å². The van der Waals surface area contributed by atoms with Crippen molar-refractivity contribution in [2.24, 2.45) is 0 Å². The lowest BCUT2D eigenvalue weighted by Crippen LogP contribution is -2.37. The van der Waals surface area contributed by atoms with Crippen LogP contribution in [0.3, 0.4) is 0 Å². The predicted octanol–water partition coefficient (Wildman–Crippen LogP) is 2.89. The number of hydrogen-bond donors (Lipinski definition) is 1. The molecule has 0 radical (unpaired) electrons. The number of ether oxygens (including phenoxy) is 2. The van der Waals surface area contributed by atoms with Crippen molar-refractivity contribution in [1.82, 2.24) is 5.32 Å². The molecule has 6 nitrogen and oxygen atoms in total. The van der Waals surface area contributed by atoms with Gasteiger partial charge in [0.1, 0.15) is 16.9 Å². The zero-order valence-corrected chi connectivity index (χ0v) is 15.0. The van der Waals surface area contributed by atoms with Crippen LogP contribution in [0.2, 0.25) is 0 Å². The maximum Gasteiger partial charge on any atom is 0.415 e. The standard InChI is InChI=1S/C18H20N2O4S/c1-12-5-6-14(8-13(12)2)23-11-16(21)19-9-15-10-20(18(22)24-15)17-4-3-7-25-17/h3-8,15H,9-11H2,1-2H3,(H,19,21). The molecule has 2 amide bonds. The molecular formula is C18H20N2O4S. The smallest absolute Gasteiger partial charge is 0.415 e. The van der Waals surface area contributed by atoms with E-state index in [1.807, 2.05) is 49.6 Å². The second-order valence-corrected chi connectivity index (χ2v) is 6.83. The van der Waals surface area contributed by atoms with Crippen molar-refractivity contribution in [2.45, 2.75) is 20.0 Å². The molecule has 1 aromatic heterocycles. The number of thiophene rings is 1. The lowest BCUT2D eigenvalue weighted by atomic mass is 10.1. The molecule has 1 atom stereocenters. The Morgan fingerprint density at radius 3 is 2.92 bits per heavy atom. The molecule has 1 aromatic carbocycles. The highest BCUT2D eigenvalue weighted by Gasteiger charge is 2.32. The van der Waals surface area contributed by atoms with Gasteiger partial charge in [0.2, 0.25) is 0 Å². The van der Waals surface area contributed by atoms with E-state index in [0.29, 0.717) is 12.3 Å². The Hall–Kier alpha value is -2.54. The van der Waals surface area contributed by atoms with Gasteiger partial charge in [0.25, 0.3) is 5.91 Å². The Kier molecular flexibility index (Phi) is 5.23. The molecule has 0 saturated carbocycles. The Labute approximate surface area is 150 Å². The maximum absolute atomic E-state index is 11.9. The first-order valence-electron chi connectivity index (χ1n) is 8.01. The second-order valence-electron chi connectivity index (χ2n) is 5.91. The normalized spacial score (nSPS) is 16.6. The van der Waals surface area contributed by atoms with Crippen molar-refractivity contribution < 1.29 is 19.1 Å². The third-order valence-corrected chi connectivity index (χ3v) is 4.91. The first-order chi connectivity index (χ1) is 12.0. The quantitative estimate of drug-likeness (QED) is 0.860. The maximum atomic E-state index is 11.9. The summed E-state index contributed by atoms with van der Waals surface area (Å²) in [5, 5.41) is 5.49. The van der Waals surface area contributed by atoms with Crippen molar-refractivity contribution in [3.63, 3.8) is 0 Å². The van der Waals surface area contributed by atoms with Gasteiger partial charge in [-0.2, -0.15) is 0 Å². The molecule has 2 aromatic rings. The van der Waals surface area contributed by atoms with E-state index in [0.717, 1.165) is 10.6 Å². The van der Waals surface area contributed by atoms with Crippen LogP contribution in [0.5, 0.6) is 5.75 Å². The van der Waals surface area contributed by atoms with Crippen molar-refractivity contribution in [3.8, 4) is 5.75 Å². The van der Waals surface area contributed by atoms with Crippen molar-refractivity contribution in [1.29, 1.82) is 0 Å². The lowest BCUT2D eigenvalue weighted by Gasteiger charge is -2.12. The van der Waals surface area contributed by atoms with Gasteiger partial charge >= 0.3 is 6.09 Å². The fraction of sp³-hybridized carbons (Fsp3) is 0.333. The minimum Gasteiger partial charge on any atom is -0.484 e. The van der Waals surface area contributed by atoms with Gasteiger partial charge in [-0.3, -0.25) is 9.69 Å². The number of amides is 2. The summed E-state index contributed by atoms with van der Waals surface area (Å²) < 4.78 is 10.8. The molecule has 1 fully saturated rings. The van der Waals surface area contributed by atoms with Gasteiger partial charge in [-0.05, 0) is 54.6 Å². The van der Waals surface area contributed by atoms with Crippen LogP contribution in [0.25, 0.3) is 0 Å². The summed E-state index contributed by atoms with van der Waals surface area (Å²) >= 11 is 1.48. The Morgan fingerprint density at radius 1 is 1.36 bits per heavy atom. The molecule has 132 valence electrons. The summed E-state index contributed by atoms with van der Waals surface area (Å²) in [6.45, 7) is 4.64. The van der Waals surface area contributed by atoms with Crippen LogP contribution >= 0.6 is 11.3 Å². The Morgan fingerprint density at radius 2 is 2.20 bits per heavy atom. The van der Waals surface area contributed by atoms with Gasteiger partial charge in [0.15, 0.2) is 6.61 Å². The monoisotopic (exact) mass is 360 g/mol. The minimum atomic E-state index is -0.381. The van der Waals surface area contributed by atoms with E-state index in [1.54, 1.807) is 4.90 Å². The van der Waals surface area contributed by atoms with E-state index in [9.17, 15) is 9.59 Å².